The fourth-order valence-electron chi connectivity index (χ4n) is 2.99. The monoisotopic (exact) mass is 347 g/mol. The van der Waals surface area contributed by atoms with E-state index in [4.69, 9.17) is 4.74 Å². The number of carbonyl (C=O) groups is 2. The Morgan fingerprint density at radius 2 is 1.92 bits per heavy atom. The minimum atomic E-state index is -0.0894. The van der Waals surface area contributed by atoms with Crippen LogP contribution in [0.3, 0.4) is 0 Å². The molecule has 2 rings (SSSR count). The van der Waals surface area contributed by atoms with Gasteiger partial charge < -0.3 is 19.9 Å². The van der Waals surface area contributed by atoms with Gasteiger partial charge in [0.15, 0.2) is 0 Å². The highest BCUT2D eigenvalue weighted by molar-refractivity contribution is 5.78. The predicted octanol–water partition coefficient (Wildman–Crippen LogP) is 2.25. The molecule has 138 valence electrons. The summed E-state index contributed by atoms with van der Waals surface area (Å²) in [4.78, 5) is 27.8. The maximum Gasteiger partial charge on any atom is 0.317 e. The number of urea groups is 1. The second-order valence-corrected chi connectivity index (χ2v) is 6.36. The van der Waals surface area contributed by atoms with Crippen molar-refractivity contribution in [3.63, 3.8) is 0 Å². The zero-order chi connectivity index (χ0) is 18.1. The first-order valence-electron chi connectivity index (χ1n) is 9.02. The largest absolute Gasteiger partial charge is 0.378 e. The molecule has 1 fully saturated rings. The first-order valence-corrected chi connectivity index (χ1v) is 9.02. The first kappa shape index (κ1) is 19.2. The van der Waals surface area contributed by atoms with E-state index in [2.05, 4.69) is 5.32 Å². The number of likely N-dealkylation sites (tertiary alicyclic amines) is 1. The second kappa shape index (κ2) is 10.0. The Kier molecular flexibility index (Phi) is 7.73. The number of carbonyl (C=O) groups excluding carboxylic acids is 2. The van der Waals surface area contributed by atoms with E-state index in [0.717, 1.165) is 25.0 Å². The Morgan fingerprint density at radius 1 is 1.24 bits per heavy atom. The van der Waals surface area contributed by atoms with Crippen LogP contribution >= 0.6 is 0 Å². The molecule has 1 aliphatic rings. The van der Waals surface area contributed by atoms with Crippen molar-refractivity contribution in [3.8, 4) is 0 Å². The molecule has 0 atom stereocenters. The van der Waals surface area contributed by atoms with Gasteiger partial charge in [0.25, 0.3) is 0 Å². The van der Waals surface area contributed by atoms with E-state index in [0.29, 0.717) is 32.6 Å². The molecule has 25 heavy (non-hydrogen) atoms. The topological polar surface area (TPSA) is 61.9 Å². The molecule has 0 bridgehead atoms. The molecular formula is C19H29N3O3. The lowest BCUT2D eigenvalue weighted by Gasteiger charge is -2.31. The van der Waals surface area contributed by atoms with Gasteiger partial charge in [-0.05, 0) is 25.3 Å². The van der Waals surface area contributed by atoms with Crippen LogP contribution in [0, 0.1) is 0 Å². The third kappa shape index (κ3) is 6.38. The van der Waals surface area contributed by atoms with Crippen molar-refractivity contribution in [2.75, 3.05) is 33.3 Å². The van der Waals surface area contributed by atoms with E-state index in [1.54, 1.807) is 16.8 Å². The number of piperidine rings is 1. The third-order valence-corrected chi connectivity index (χ3v) is 4.43. The van der Waals surface area contributed by atoms with Crippen LogP contribution in [0.15, 0.2) is 30.3 Å². The van der Waals surface area contributed by atoms with Crippen molar-refractivity contribution in [2.45, 2.75) is 38.8 Å². The maximum atomic E-state index is 12.2. The van der Waals surface area contributed by atoms with E-state index in [1.807, 2.05) is 37.3 Å². The Balaban J connectivity index is 1.64. The van der Waals surface area contributed by atoms with E-state index >= 15 is 0 Å². The van der Waals surface area contributed by atoms with Crippen LogP contribution in [0.25, 0.3) is 0 Å². The van der Waals surface area contributed by atoms with Gasteiger partial charge in [0.05, 0.1) is 6.10 Å². The quantitative estimate of drug-likeness (QED) is 0.823. The minimum absolute atomic E-state index is 0.0270. The summed E-state index contributed by atoms with van der Waals surface area (Å²) in [5.74, 6) is 0.0270. The number of nitrogens with one attached hydrogen (secondary N) is 1. The molecule has 1 saturated heterocycles. The molecule has 1 heterocycles. The van der Waals surface area contributed by atoms with Crippen LogP contribution in [0.1, 0.15) is 31.7 Å². The number of hydrogen-bond acceptors (Lipinski definition) is 3. The summed E-state index contributed by atoms with van der Waals surface area (Å²) in [5, 5.41) is 2.85. The number of nitrogens with zero attached hydrogens (tertiary/aromatic N) is 2. The van der Waals surface area contributed by atoms with Gasteiger partial charge in [0.2, 0.25) is 5.91 Å². The molecule has 1 aliphatic heterocycles. The van der Waals surface area contributed by atoms with Crippen molar-refractivity contribution in [2.24, 2.45) is 0 Å². The first-order chi connectivity index (χ1) is 12.1. The van der Waals surface area contributed by atoms with Crippen LogP contribution in [-0.4, -0.2) is 61.1 Å². The van der Waals surface area contributed by atoms with E-state index in [9.17, 15) is 9.59 Å². The molecule has 1 aromatic carbocycles. The molecule has 6 heteroatoms. The molecule has 0 aromatic heterocycles. The van der Waals surface area contributed by atoms with Crippen molar-refractivity contribution in [3.05, 3.63) is 35.9 Å². The number of rotatable bonds is 7. The summed E-state index contributed by atoms with van der Waals surface area (Å²) < 4.78 is 5.59. The van der Waals surface area contributed by atoms with Gasteiger partial charge in [-0.15, -0.1) is 0 Å². The standard InChI is InChI=1S/C19H29N3O3/c1-3-25-17-10-13-22(14-11-17)19(24)20-12-9-18(23)21(2)15-16-7-5-4-6-8-16/h4-8,17H,3,9-15H2,1-2H3,(H,20,24). The Bertz CT molecular complexity index is 542. The highest BCUT2D eigenvalue weighted by atomic mass is 16.5. The fourth-order valence-corrected chi connectivity index (χ4v) is 2.99. The van der Waals surface area contributed by atoms with Gasteiger partial charge in [-0.2, -0.15) is 0 Å². The third-order valence-electron chi connectivity index (χ3n) is 4.43. The summed E-state index contributed by atoms with van der Waals surface area (Å²) in [6.45, 7) is 5.07. The Labute approximate surface area is 150 Å². The summed E-state index contributed by atoms with van der Waals surface area (Å²) in [7, 11) is 1.79. The lowest BCUT2D eigenvalue weighted by Crippen LogP contribution is -2.46. The zero-order valence-electron chi connectivity index (χ0n) is 15.2. The van der Waals surface area contributed by atoms with Crippen LogP contribution in [0.5, 0.6) is 0 Å². The molecular weight excluding hydrogens is 318 g/mol. The van der Waals surface area contributed by atoms with E-state index in [1.165, 1.54) is 0 Å². The van der Waals surface area contributed by atoms with E-state index < -0.39 is 0 Å². The van der Waals surface area contributed by atoms with Crippen molar-refractivity contribution >= 4 is 11.9 Å². The van der Waals surface area contributed by atoms with Gasteiger partial charge in [0, 0.05) is 46.3 Å². The van der Waals surface area contributed by atoms with Gasteiger partial charge in [-0.3, -0.25) is 4.79 Å². The maximum absolute atomic E-state index is 12.2. The van der Waals surface area contributed by atoms with Crippen LogP contribution in [0.4, 0.5) is 4.79 Å². The smallest absolute Gasteiger partial charge is 0.317 e. The van der Waals surface area contributed by atoms with Crippen LogP contribution in [0.2, 0.25) is 0 Å². The molecule has 0 radical (unpaired) electrons. The minimum Gasteiger partial charge on any atom is -0.378 e. The van der Waals surface area contributed by atoms with Crippen molar-refractivity contribution < 1.29 is 14.3 Å². The number of ether oxygens (including phenoxy) is 1. The fraction of sp³-hybridized carbons (Fsp3) is 0.579. The highest BCUT2D eigenvalue weighted by Crippen LogP contribution is 2.13. The predicted molar refractivity (Wildman–Crippen MR) is 97.2 cm³/mol. The van der Waals surface area contributed by atoms with Gasteiger partial charge in [0.1, 0.15) is 0 Å². The summed E-state index contributed by atoms with van der Waals surface area (Å²) in [5.41, 5.74) is 1.10. The molecule has 0 saturated carbocycles. The molecule has 1 N–H and O–H groups in total. The average Bonchev–Trinajstić information content (AvgIpc) is 2.63. The molecule has 0 unspecified atom stereocenters. The molecule has 6 nitrogen and oxygen atoms in total. The molecule has 0 spiro atoms. The average molecular weight is 347 g/mol. The van der Waals surface area contributed by atoms with E-state index in [-0.39, 0.29) is 18.0 Å². The summed E-state index contributed by atoms with van der Waals surface area (Å²) in [6, 6.07) is 9.78. The van der Waals surface area contributed by atoms with Gasteiger partial charge in [-0.1, -0.05) is 30.3 Å². The molecule has 0 aliphatic carbocycles. The number of benzene rings is 1. The van der Waals surface area contributed by atoms with Gasteiger partial charge >= 0.3 is 6.03 Å². The Hall–Kier alpha value is -2.08. The summed E-state index contributed by atoms with van der Waals surface area (Å²) >= 11 is 0. The van der Waals surface area contributed by atoms with Crippen LogP contribution in [-0.2, 0) is 16.1 Å². The lowest BCUT2D eigenvalue weighted by molar-refractivity contribution is -0.130. The summed E-state index contributed by atoms with van der Waals surface area (Å²) in [6.07, 6.45) is 2.33. The highest BCUT2D eigenvalue weighted by Gasteiger charge is 2.22. The number of hydrogen-bond donors (Lipinski definition) is 1. The molecule has 1 aromatic rings. The SMILES string of the molecule is CCOC1CCN(C(=O)NCCC(=O)N(C)Cc2ccccc2)CC1. The lowest BCUT2D eigenvalue weighted by atomic mass is 10.1. The van der Waals surface area contributed by atoms with Gasteiger partial charge in [-0.25, -0.2) is 4.79 Å². The van der Waals surface area contributed by atoms with Crippen molar-refractivity contribution in [1.29, 1.82) is 0 Å². The second-order valence-electron chi connectivity index (χ2n) is 6.36. The normalized spacial score (nSPS) is 15.0. The molecule has 3 amide bonds. The number of amides is 3. The van der Waals surface area contributed by atoms with Crippen molar-refractivity contribution in [1.82, 2.24) is 15.1 Å². The zero-order valence-corrected chi connectivity index (χ0v) is 15.2. The Morgan fingerprint density at radius 3 is 2.56 bits per heavy atom. The van der Waals surface area contributed by atoms with Crippen LogP contribution < -0.4 is 5.32 Å².